The average molecular weight is 1300 g/mol. The summed E-state index contributed by atoms with van der Waals surface area (Å²) in [6.07, 6.45) is 4.79. The number of aliphatic carboxylic acids is 1. The third-order valence-electron chi connectivity index (χ3n) is 15.7. The highest BCUT2D eigenvalue weighted by Gasteiger charge is 2.40. The molecule has 2 fully saturated rings. The number of hydrogen-bond acceptors (Lipinski definition) is 20. The number of carboxylic acid groups (broad SMARTS) is 1. The van der Waals surface area contributed by atoms with E-state index in [4.69, 9.17) is 33.6 Å². The van der Waals surface area contributed by atoms with Crippen molar-refractivity contribution < 1.29 is 86.0 Å². The lowest BCUT2D eigenvalue weighted by atomic mass is 9.83. The van der Waals surface area contributed by atoms with Gasteiger partial charge in [0.1, 0.15) is 10.7 Å². The highest BCUT2D eigenvalue weighted by atomic mass is 32.2. The van der Waals surface area contributed by atoms with Gasteiger partial charge in [0.05, 0.1) is 88.7 Å². The number of carboxylic acids is 1. The molecular formula is C60H94N7O18PS2. The van der Waals surface area contributed by atoms with Crippen LogP contribution in [-0.2, 0) is 68.2 Å². The third-order valence-corrected chi connectivity index (χ3v) is 18.3. The number of nitrogens with one attached hydrogen (secondary N) is 3. The van der Waals surface area contributed by atoms with Gasteiger partial charge in [-0.3, -0.25) is 57.9 Å². The second-order valence-corrected chi connectivity index (χ2v) is 26.2. The first-order valence-electron chi connectivity index (χ1n) is 30.4. The molecule has 0 spiro atoms. The lowest BCUT2D eigenvalue weighted by Gasteiger charge is -2.37. The van der Waals surface area contributed by atoms with Crippen LogP contribution in [0.5, 0.6) is 5.75 Å². The molecule has 2 aromatic rings. The average Bonchev–Trinajstić information content (AvgIpc) is 4.28. The Bertz CT molecular complexity index is 2680. The number of ketones is 1. The van der Waals surface area contributed by atoms with E-state index >= 15 is 0 Å². The maximum absolute atomic E-state index is 14.5. The number of thiazole rings is 1. The number of carbonyl (C=O) groups is 8. The summed E-state index contributed by atoms with van der Waals surface area (Å²) in [7, 11) is -1.48. The molecule has 2 aliphatic heterocycles. The van der Waals surface area contributed by atoms with E-state index in [0.29, 0.717) is 36.3 Å². The minimum absolute atomic E-state index is 0.0194. The zero-order chi connectivity index (χ0) is 65.1. The van der Waals surface area contributed by atoms with Crippen molar-refractivity contribution in [1.29, 1.82) is 5.41 Å². The topological polar surface area (TPSA) is 340 Å². The smallest absolute Gasteiger partial charge is 0.481 e. The molecule has 0 radical (unpaired) electrons. The molecule has 88 heavy (non-hydrogen) atoms. The molecule has 494 valence electrons. The Hall–Kier alpha value is -5.22. The lowest BCUT2D eigenvalue weighted by molar-refractivity contribution is -0.150. The van der Waals surface area contributed by atoms with Crippen LogP contribution in [0.25, 0.3) is 0 Å². The minimum atomic E-state index is -5.12. The number of likely N-dealkylation sites (N-methyl/N-ethyl adjacent to an activating group) is 1. The van der Waals surface area contributed by atoms with E-state index in [2.05, 4.69) is 20.5 Å². The molecule has 0 bridgehead atoms. The van der Waals surface area contributed by atoms with Crippen molar-refractivity contribution in [1.82, 2.24) is 25.0 Å². The van der Waals surface area contributed by atoms with Crippen molar-refractivity contribution in [2.75, 3.05) is 91.1 Å². The number of anilines is 1. The van der Waals surface area contributed by atoms with Gasteiger partial charge in [-0.15, -0.1) is 23.1 Å². The van der Waals surface area contributed by atoms with Crippen molar-refractivity contribution in [2.45, 2.75) is 161 Å². The number of phosphoric ester groups is 1. The second-order valence-electron chi connectivity index (χ2n) is 22.8. The summed E-state index contributed by atoms with van der Waals surface area (Å²) in [4.78, 5) is 134. The van der Waals surface area contributed by atoms with Crippen LogP contribution in [0.3, 0.4) is 0 Å². The van der Waals surface area contributed by atoms with E-state index in [0.717, 1.165) is 43.6 Å². The SMILES string of the molecule is CCC(=N)CCCSC1CC(=O)N(CCOCCOCCOCCOCCC(=O)Nc2cc(C[C@@H](CC(C)C(=O)O)NC(=O)c3csc([C@@H](C[C@H](C(C)C)N(C)C(=O)C(CC(=O)[C@H]4CCCCN4C)[C@@H](C)CC)OC(C)=O)n3)ccc2OP(=O)(O)O)C1=O. The van der Waals surface area contributed by atoms with Crippen LogP contribution < -0.4 is 15.2 Å². The van der Waals surface area contributed by atoms with Gasteiger partial charge in [-0.05, 0) is 93.8 Å². The molecule has 28 heteroatoms. The molecule has 0 saturated carbocycles. The van der Waals surface area contributed by atoms with Crippen LogP contribution in [-0.4, -0.2) is 197 Å². The van der Waals surface area contributed by atoms with Gasteiger partial charge in [0.15, 0.2) is 17.6 Å². The van der Waals surface area contributed by atoms with Crippen molar-refractivity contribution >= 4 is 89.6 Å². The summed E-state index contributed by atoms with van der Waals surface area (Å²) in [5.74, 6) is -4.94. The van der Waals surface area contributed by atoms with Crippen LogP contribution in [0.2, 0.25) is 0 Å². The van der Waals surface area contributed by atoms with E-state index in [9.17, 15) is 57.8 Å². The Morgan fingerprint density at radius 3 is 2.19 bits per heavy atom. The maximum Gasteiger partial charge on any atom is 0.524 e. The highest BCUT2D eigenvalue weighted by molar-refractivity contribution is 8.00. The first-order valence-corrected chi connectivity index (χ1v) is 33.9. The number of nitrogens with zero attached hydrogens (tertiary/aromatic N) is 4. The molecule has 4 rings (SSSR count). The predicted octanol–water partition coefficient (Wildman–Crippen LogP) is 7.12. The van der Waals surface area contributed by atoms with Gasteiger partial charge in [0.25, 0.3) is 5.91 Å². The Balaban J connectivity index is 1.29. The second kappa shape index (κ2) is 38.5. The summed E-state index contributed by atoms with van der Waals surface area (Å²) in [5.41, 5.74) is 0.932. The van der Waals surface area contributed by atoms with E-state index in [1.807, 2.05) is 41.7 Å². The van der Waals surface area contributed by atoms with Gasteiger partial charge < -0.3 is 54.3 Å². The molecule has 2 saturated heterocycles. The van der Waals surface area contributed by atoms with Crippen molar-refractivity contribution in [3.05, 3.63) is 39.8 Å². The fraction of sp³-hybridized carbons (Fsp3) is 0.700. The quantitative estimate of drug-likeness (QED) is 0.0127. The highest BCUT2D eigenvalue weighted by Crippen LogP contribution is 2.42. The molecule has 5 amide bonds. The normalized spacial score (nSPS) is 17.7. The zero-order valence-corrected chi connectivity index (χ0v) is 55.0. The number of benzene rings is 1. The van der Waals surface area contributed by atoms with Gasteiger partial charge in [-0.2, -0.15) is 0 Å². The van der Waals surface area contributed by atoms with Crippen LogP contribution >= 0.6 is 30.9 Å². The predicted molar refractivity (Wildman–Crippen MR) is 332 cm³/mol. The number of esters is 1. The fourth-order valence-electron chi connectivity index (χ4n) is 10.4. The standard InChI is InChI=1S/C60H94N7O18PS2/c1-10-39(5)45(34-50(69)48-16-12-13-20-65(48)8)58(73)66(9)49(38(3)4)35-52(84-41(7)68)57-64-47(37-88-57)56(72)62-44(31-40(6)60(75)76)32-42-17-18-51(85-86(77,78)79)46(33-42)63-54(70)19-22-80-24-26-82-28-29-83-27-25-81-23-21-67-55(71)36-53(59(67)74)87-30-14-15-43(61)11-2/h17-18,33,37-40,44-45,48-49,52-53,61H,10-16,19-32,34-36H2,1-9H3,(H,62,72)(H,63,70)(H,75,76)(H2,77,78,79)/t39-,40?,44+,45?,48+,49+,52+,53?/m0/s1. The number of ether oxygens (including phenoxy) is 5. The number of aromatic nitrogens is 1. The molecular weight excluding hydrogens is 1200 g/mol. The Morgan fingerprint density at radius 1 is 0.932 bits per heavy atom. The number of amides is 5. The number of likely N-dealkylation sites (tertiary alicyclic amines) is 2. The largest absolute Gasteiger partial charge is 0.524 e. The molecule has 6 N–H and O–H groups in total. The summed E-state index contributed by atoms with van der Waals surface area (Å²) in [5, 5.41) is 24.5. The van der Waals surface area contributed by atoms with Crippen molar-refractivity contribution in [3.8, 4) is 5.75 Å². The first kappa shape index (κ1) is 75.2. The Kier molecular flexibility index (Phi) is 32.9. The molecule has 2 aliphatic rings. The molecule has 0 aliphatic carbocycles. The zero-order valence-electron chi connectivity index (χ0n) is 52.5. The van der Waals surface area contributed by atoms with E-state index < -0.39 is 66.8 Å². The molecule has 3 heterocycles. The maximum atomic E-state index is 14.5. The number of rotatable bonds is 43. The number of hydrogen-bond donors (Lipinski definition) is 6. The summed E-state index contributed by atoms with van der Waals surface area (Å²) in [6, 6.07) is 2.50. The fourth-order valence-corrected chi connectivity index (χ4v) is 12.8. The number of piperidine rings is 1. The van der Waals surface area contributed by atoms with E-state index in [1.54, 1.807) is 11.9 Å². The van der Waals surface area contributed by atoms with E-state index in [-0.39, 0.29) is 161 Å². The van der Waals surface area contributed by atoms with Crippen LogP contribution in [0.4, 0.5) is 5.69 Å². The van der Waals surface area contributed by atoms with E-state index in [1.165, 1.54) is 54.1 Å². The monoisotopic (exact) mass is 1300 g/mol. The van der Waals surface area contributed by atoms with Gasteiger partial charge >= 0.3 is 19.8 Å². The molecule has 1 aromatic heterocycles. The van der Waals surface area contributed by atoms with Gasteiger partial charge in [-0.25, -0.2) is 9.55 Å². The van der Waals surface area contributed by atoms with Crippen molar-refractivity contribution in [2.24, 2.45) is 23.7 Å². The van der Waals surface area contributed by atoms with Crippen LogP contribution in [0, 0.1) is 29.1 Å². The molecule has 25 nitrogen and oxygen atoms in total. The first-order chi connectivity index (χ1) is 41.7. The Labute approximate surface area is 525 Å². The molecule has 8 atom stereocenters. The summed E-state index contributed by atoms with van der Waals surface area (Å²) in [6.45, 7) is 15.0. The summed E-state index contributed by atoms with van der Waals surface area (Å²) >= 11 is 2.53. The molecule has 1 aromatic carbocycles. The minimum Gasteiger partial charge on any atom is -0.481 e. The van der Waals surface area contributed by atoms with Gasteiger partial charge in [0, 0.05) is 62.3 Å². The summed E-state index contributed by atoms with van der Waals surface area (Å²) < 4.78 is 44.9. The third kappa shape index (κ3) is 25.9. The van der Waals surface area contributed by atoms with Gasteiger partial charge in [-0.1, -0.05) is 60.5 Å². The number of thioether (sulfide) groups is 1. The lowest BCUT2D eigenvalue weighted by Crippen LogP contribution is -2.48. The number of imide groups is 1. The Morgan fingerprint density at radius 2 is 1.59 bits per heavy atom. The number of phosphoric acid groups is 1. The number of Topliss-reactive ketones (excluding diaryl/α,β-unsaturated/α-hetero) is 1. The van der Waals surface area contributed by atoms with Crippen LogP contribution in [0.15, 0.2) is 23.6 Å². The van der Waals surface area contributed by atoms with Gasteiger partial charge in [0.2, 0.25) is 23.6 Å². The van der Waals surface area contributed by atoms with Crippen molar-refractivity contribution in [3.63, 3.8) is 0 Å². The molecule has 3 unspecified atom stereocenters. The number of carbonyl (C=O) groups excluding carboxylic acids is 7. The van der Waals surface area contributed by atoms with Crippen LogP contribution in [0.1, 0.15) is 153 Å².